The number of benzene rings is 2. The zero-order valence-electron chi connectivity index (χ0n) is 16.9. The molecule has 0 radical (unpaired) electrons. The number of hydrogen-bond donors (Lipinski definition) is 1. The van der Waals surface area contributed by atoms with Gasteiger partial charge in [0.05, 0.1) is 29.7 Å². The lowest BCUT2D eigenvalue weighted by Gasteiger charge is -2.12. The third-order valence-corrected chi connectivity index (χ3v) is 6.62. The minimum atomic E-state index is -3.77. The molecule has 0 aliphatic heterocycles. The third-order valence-electron chi connectivity index (χ3n) is 4.49. The largest absolute Gasteiger partial charge is 0.496 e. The van der Waals surface area contributed by atoms with Gasteiger partial charge in [-0.3, -0.25) is 9.63 Å². The topological polar surface area (TPSA) is 112 Å². The number of nitrogens with zero attached hydrogens (tertiary/aromatic N) is 2. The van der Waals surface area contributed by atoms with Crippen LogP contribution in [0.15, 0.2) is 47.4 Å². The number of hydroxylamine groups is 2. The number of sulfonamides is 1. The highest BCUT2D eigenvalue weighted by Gasteiger charge is 2.20. The first-order valence-electron chi connectivity index (χ1n) is 8.77. The molecule has 0 unspecified atom stereocenters. The number of ether oxygens (including phenoxy) is 1. The molecule has 2 N–H and O–H groups in total. The van der Waals surface area contributed by atoms with Gasteiger partial charge in [0.2, 0.25) is 10.0 Å². The van der Waals surface area contributed by atoms with E-state index in [0.717, 1.165) is 26.6 Å². The van der Waals surface area contributed by atoms with Crippen LogP contribution in [0.4, 0.5) is 0 Å². The van der Waals surface area contributed by atoms with Gasteiger partial charge < -0.3 is 4.74 Å². The van der Waals surface area contributed by atoms with Crippen molar-refractivity contribution in [2.45, 2.75) is 11.8 Å². The van der Waals surface area contributed by atoms with E-state index >= 15 is 0 Å². The summed E-state index contributed by atoms with van der Waals surface area (Å²) in [5, 5.41) is 6.62. The number of amides is 1. The molecule has 3 rings (SSSR count). The predicted molar refractivity (Wildman–Crippen MR) is 115 cm³/mol. The van der Waals surface area contributed by atoms with E-state index in [1.165, 1.54) is 37.6 Å². The average molecular weight is 448 g/mol. The van der Waals surface area contributed by atoms with Crippen LogP contribution in [0.3, 0.4) is 0 Å². The number of methoxy groups -OCH3 is 1. The summed E-state index contributed by atoms with van der Waals surface area (Å²) in [6.45, 7) is 1.83. The van der Waals surface area contributed by atoms with Crippen LogP contribution in [0.5, 0.6) is 5.75 Å². The molecule has 2 aromatic carbocycles. The van der Waals surface area contributed by atoms with Gasteiger partial charge in [0.15, 0.2) is 5.01 Å². The molecule has 158 valence electrons. The van der Waals surface area contributed by atoms with Crippen molar-refractivity contribution in [1.29, 1.82) is 0 Å². The number of rotatable bonds is 6. The Bertz CT molecular complexity index is 1190. The van der Waals surface area contributed by atoms with E-state index in [-0.39, 0.29) is 10.8 Å². The van der Waals surface area contributed by atoms with E-state index in [9.17, 15) is 13.2 Å². The Morgan fingerprint density at radius 2 is 1.73 bits per heavy atom. The van der Waals surface area contributed by atoms with E-state index in [1.54, 1.807) is 19.2 Å². The van der Waals surface area contributed by atoms with Crippen LogP contribution in [-0.4, -0.2) is 45.6 Å². The van der Waals surface area contributed by atoms with Crippen LogP contribution in [-0.2, 0) is 14.9 Å². The van der Waals surface area contributed by atoms with Crippen LogP contribution in [0.1, 0.15) is 15.5 Å². The molecular formula is C20H21N3O5S2. The minimum absolute atomic E-state index is 0.0325. The fourth-order valence-electron chi connectivity index (χ4n) is 2.87. The highest BCUT2D eigenvalue weighted by atomic mass is 32.2. The molecule has 30 heavy (non-hydrogen) atoms. The number of carbonyl (C=O) groups is 1. The van der Waals surface area contributed by atoms with Crippen molar-refractivity contribution in [1.82, 2.24) is 10.0 Å². The monoisotopic (exact) mass is 447 g/mol. The Morgan fingerprint density at radius 3 is 2.30 bits per heavy atom. The van der Waals surface area contributed by atoms with Crippen LogP contribution >= 0.6 is 11.3 Å². The molecule has 1 aromatic heterocycles. The second-order valence-electron chi connectivity index (χ2n) is 6.40. The minimum Gasteiger partial charge on any atom is -0.496 e. The van der Waals surface area contributed by atoms with Gasteiger partial charge in [-0.2, -0.15) is 0 Å². The molecule has 0 fully saturated rings. The molecule has 0 bridgehead atoms. The fourth-order valence-corrected chi connectivity index (χ4v) is 4.42. The Hall–Kier alpha value is -2.79. The van der Waals surface area contributed by atoms with Crippen LogP contribution in [0.2, 0.25) is 0 Å². The highest BCUT2D eigenvalue weighted by Crippen LogP contribution is 2.37. The summed E-state index contributed by atoms with van der Waals surface area (Å²) in [5.74, 6) is 0.295. The number of carbonyl (C=O) groups excluding carboxylic acids is 1. The van der Waals surface area contributed by atoms with E-state index in [2.05, 4.69) is 4.98 Å². The van der Waals surface area contributed by atoms with Gasteiger partial charge in [0, 0.05) is 12.6 Å². The zero-order chi connectivity index (χ0) is 22.1. The maximum Gasteiger partial charge on any atom is 0.306 e. The molecule has 10 heteroatoms. The van der Waals surface area contributed by atoms with Gasteiger partial charge in [-0.25, -0.2) is 23.6 Å². The molecule has 0 saturated carbocycles. The van der Waals surface area contributed by atoms with Gasteiger partial charge in [-0.1, -0.05) is 12.1 Å². The van der Waals surface area contributed by atoms with Crippen LogP contribution < -0.4 is 9.88 Å². The number of thiazole rings is 1. The molecule has 1 amide bonds. The Labute approximate surface area is 178 Å². The smallest absolute Gasteiger partial charge is 0.306 e. The highest BCUT2D eigenvalue weighted by molar-refractivity contribution is 7.89. The third kappa shape index (κ3) is 4.36. The summed E-state index contributed by atoms with van der Waals surface area (Å²) < 4.78 is 28.5. The SMILES string of the molecule is COc1ccc(-c2sc(C(=O)N(C)OC)nc2C)cc1-c1ccc(S(N)(=O)=O)cc1. The second kappa shape index (κ2) is 8.52. The Kier molecular flexibility index (Phi) is 6.22. The second-order valence-corrected chi connectivity index (χ2v) is 8.96. The molecule has 0 saturated heterocycles. The van der Waals surface area contributed by atoms with Gasteiger partial charge in [-0.05, 0) is 48.4 Å². The summed E-state index contributed by atoms with van der Waals surface area (Å²) >= 11 is 1.27. The van der Waals surface area contributed by atoms with Gasteiger partial charge in [0.1, 0.15) is 5.75 Å². The quantitative estimate of drug-likeness (QED) is 0.581. The number of aryl methyl sites for hydroxylation is 1. The number of hydrogen-bond acceptors (Lipinski definition) is 7. The van der Waals surface area contributed by atoms with Crippen molar-refractivity contribution >= 4 is 27.3 Å². The summed E-state index contributed by atoms with van der Waals surface area (Å²) in [6, 6.07) is 11.9. The van der Waals surface area contributed by atoms with Crippen molar-refractivity contribution < 1.29 is 22.8 Å². The van der Waals surface area contributed by atoms with E-state index in [4.69, 9.17) is 14.7 Å². The Balaban J connectivity index is 2.06. The molecule has 0 aliphatic carbocycles. The van der Waals surface area contributed by atoms with E-state index in [1.807, 2.05) is 25.1 Å². The normalized spacial score (nSPS) is 11.4. The molecule has 0 spiro atoms. The summed E-state index contributed by atoms with van der Waals surface area (Å²) in [6.07, 6.45) is 0. The van der Waals surface area contributed by atoms with Gasteiger partial charge >= 0.3 is 5.91 Å². The van der Waals surface area contributed by atoms with Gasteiger partial charge in [-0.15, -0.1) is 11.3 Å². The van der Waals surface area contributed by atoms with E-state index < -0.39 is 10.0 Å². The van der Waals surface area contributed by atoms with Crippen molar-refractivity contribution in [3.63, 3.8) is 0 Å². The lowest BCUT2D eigenvalue weighted by molar-refractivity contribution is -0.0757. The number of nitrogens with two attached hydrogens (primary N) is 1. The van der Waals surface area contributed by atoms with Gasteiger partial charge in [0.25, 0.3) is 0 Å². The molecular weight excluding hydrogens is 426 g/mol. The van der Waals surface area contributed by atoms with Crippen molar-refractivity contribution in [2.75, 3.05) is 21.3 Å². The number of aromatic nitrogens is 1. The number of primary sulfonamides is 1. The first-order chi connectivity index (χ1) is 14.2. The maximum atomic E-state index is 12.3. The standard InChI is InChI=1S/C20H21N3O5S2/c1-12-18(29-19(22-12)20(24)23(2)28-4)14-7-10-17(27-3)16(11-14)13-5-8-15(9-6-13)30(21,25)26/h5-11H,1-4H3,(H2,21,25,26). The summed E-state index contributed by atoms with van der Waals surface area (Å²) in [5.41, 5.74) is 3.10. The summed E-state index contributed by atoms with van der Waals surface area (Å²) in [4.78, 5) is 22.5. The van der Waals surface area contributed by atoms with Crippen LogP contribution in [0.25, 0.3) is 21.6 Å². The Morgan fingerprint density at radius 1 is 1.10 bits per heavy atom. The van der Waals surface area contributed by atoms with E-state index in [0.29, 0.717) is 16.5 Å². The van der Waals surface area contributed by atoms with Crippen LogP contribution in [0, 0.1) is 6.92 Å². The van der Waals surface area contributed by atoms with Crippen molar-refractivity contribution in [3.8, 4) is 27.3 Å². The fraction of sp³-hybridized carbons (Fsp3) is 0.200. The predicted octanol–water partition coefficient (Wildman–Crippen LogP) is 3.07. The zero-order valence-corrected chi connectivity index (χ0v) is 18.5. The average Bonchev–Trinajstić information content (AvgIpc) is 3.13. The first-order valence-corrected chi connectivity index (χ1v) is 11.1. The molecule has 0 atom stereocenters. The lowest BCUT2D eigenvalue weighted by atomic mass is 10.0. The maximum absolute atomic E-state index is 12.3. The van der Waals surface area contributed by atoms with Crippen molar-refractivity contribution in [2.24, 2.45) is 5.14 Å². The molecule has 0 aliphatic rings. The molecule has 8 nitrogen and oxygen atoms in total. The first kappa shape index (κ1) is 21.9. The van der Waals surface area contributed by atoms with Crippen molar-refractivity contribution in [3.05, 3.63) is 53.2 Å². The molecule has 3 aromatic rings. The summed E-state index contributed by atoms with van der Waals surface area (Å²) in [7, 11) is 0.725. The lowest BCUT2D eigenvalue weighted by Crippen LogP contribution is -2.25. The molecule has 1 heterocycles.